The van der Waals surface area contributed by atoms with Gasteiger partial charge in [0.2, 0.25) is 0 Å². The Labute approximate surface area is 119 Å². The van der Waals surface area contributed by atoms with Gasteiger partial charge in [0.15, 0.2) is 5.78 Å². The molecule has 0 bridgehead atoms. The maximum absolute atomic E-state index is 12.4. The molecule has 20 heavy (non-hydrogen) atoms. The fraction of sp³-hybridized carbons (Fsp3) is 0.278. The number of Topliss-reactive ketones (excluding diaryl/α,β-unsaturated/α-hetero) is 1. The summed E-state index contributed by atoms with van der Waals surface area (Å²) in [7, 11) is 0. The van der Waals surface area contributed by atoms with Crippen molar-refractivity contribution in [3.8, 4) is 0 Å². The number of carbonyl (C=O) groups is 1. The Hall–Kier alpha value is -2.09. The Morgan fingerprint density at radius 2 is 2.10 bits per heavy atom. The van der Waals surface area contributed by atoms with E-state index in [1.165, 1.54) is 16.8 Å². The Bertz CT molecular complexity index is 646. The van der Waals surface area contributed by atoms with E-state index in [-0.39, 0.29) is 5.78 Å². The number of fused-ring (bicyclic) bond motifs is 1. The predicted octanol–water partition coefficient (Wildman–Crippen LogP) is 3.78. The lowest BCUT2D eigenvalue weighted by atomic mass is 9.96. The molecule has 0 aromatic heterocycles. The number of rotatable bonds is 3. The van der Waals surface area contributed by atoms with Crippen LogP contribution in [-0.4, -0.2) is 12.3 Å². The van der Waals surface area contributed by atoms with Crippen molar-refractivity contribution in [2.75, 3.05) is 11.9 Å². The zero-order chi connectivity index (χ0) is 13.9. The maximum Gasteiger partial charge on any atom is 0.167 e. The van der Waals surface area contributed by atoms with Gasteiger partial charge in [0.25, 0.3) is 0 Å². The summed E-state index contributed by atoms with van der Waals surface area (Å²) in [6.45, 7) is 3.09. The molecule has 1 N–H and O–H groups in total. The first-order chi connectivity index (χ1) is 9.72. The predicted molar refractivity (Wildman–Crippen MR) is 82.5 cm³/mol. The molecule has 1 aliphatic heterocycles. The van der Waals surface area contributed by atoms with Gasteiger partial charge in [-0.15, -0.1) is 0 Å². The molecule has 3 rings (SSSR count). The van der Waals surface area contributed by atoms with Crippen molar-refractivity contribution in [3.63, 3.8) is 0 Å². The Balaban J connectivity index is 1.80. The average molecular weight is 265 g/mol. The number of aryl methyl sites for hydroxylation is 2. The molecule has 2 aromatic rings. The molecule has 1 aliphatic rings. The average Bonchev–Trinajstić information content (AvgIpc) is 2.47. The number of ketones is 1. The number of hydrogen-bond acceptors (Lipinski definition) is 2. The van der Waals surface area contributed by atoms with Gasteiger partial charge in [0, 0.05) is 24.2 Å². The normalized spacial score (nSPS) is 13.4. The lowest BCUT2D eigenvalue weighted by Crippen LogP contribution is -2.13. The van der Waals surface area contributed by atoms with Crippen LogP contribution in [0.2, 0.25) is 0 Å². The number of benzene rings is 2. The minimum absolute atomic E-state index is 0.198. The van der Waals surface area contributed by atoms with Gasteiger partial charge in [0.1, 0.15) is 0 Å². The van der Waals surface area contributed by atoms with Gasteiger partial charge in [-0.05, 0) is 49.1 Å². The number of hydrogen-bond donors (Lipinski definition) is 1. The first kappa shape index (κ1) is 12.9. The summed E-state index contributed by atoms with van der Waals surface area (Å²) < 4.78 is 0. The number of nitrogens with one attached hydrogen (secondary N) is 1. The van der Waals surface area contributed by atoms with Crippen LogP contribution in [0, 0.1) is 6.92 Å². The van der Waals surface area contributed by atoms with Crippen LogP contribution in [0.3, 0.4) is 0 Å². The molecule has 0 unspecified atom stereocenters. The van der Waals surface area contributed by atoms with Gasteiger partial charge in [0.05, 0.1) is 0 Å². The van der Waals surface area contributed by atoms with Gasteiger partial charge in [-0.3, -0.25) is 4.79 Å². The molecule has 0 spiro atoms. The van der Waals surface area contributed by atoms with Crippen LogP contribution in [0.25, 0.3) is 0 Å². The lowest BCUT2D eigenvalue weighted by Gasteiger charge is -2.18. The van der Waals surface area contributed by atoms with E-state index in [0.717, 1.165) is 30.5 Å². The smallest absolute Gasteiger partial charge is 0.167 e. The number of anilines is 1. The quantitative estimate of drug-likeness (QED) is 0.856. The fourth-order valence-electron chi connectivity index (χ4n) is 2.76. The van der Waals surface area contributed by atoms with E-state index in [1.54, 1.807) is 0 Å². The van der Waals surface area contributed by atoms with E-state index in [2.05, 4.69) is 30.4 Å². The van der Waals surface area contributed by atoms with Crippen LogP contribution in [0.15, 0.2) is 42.5 Å². The highest BCUT2D eigenvalue weighted by molar-refractivity contribution is 5.98. The lowest BCUT2D eigenvalue weighted by molar-refractivity contribution is 0.0993. The standard InChI is InChI=1S/C18H19NO/c1-13-4-2-5-14(10-13)11-18(20)16-7-8-17-15(12-16)6-3-9-19-17/h2,4-5,7-8,10,12,19H,3,6,9,11H2,1H3. The molecule has 0 fully saturated rings. The van der Waals surface area contributed by atoms with E-state index in [0.29, 0.717) is 6.42 Å². The largest absolute Gasteiger partial charge is 0.385 e. The Morgan fingerprint density at radius 3 is 2.95 bits per heavy atom. The second kappa shape index (κ2) is 5.49. The van der Waals surface area contributed by atoms with Gasteiger partial charge < -0.3 is 5.32 Å². The minimum atomic E-state index is 0.198. The van der Waals surface area contributed by atoms with Crippen LogP contribution in [0.1, 0.15) is 33.5 Å². The monoisotopic (exact) mass is 265 g/mol. The van der Waals surface area contributed by atoms with E-state index in [1.807, 2.05) is 24.3 Å². The molecule has 2 nitrogen and oxygen atoms in total. The second-order valence-electron chi connectivity index (χ2n) is 5.49. The molecular formula is C18H19NO. The molecule has 1 heterocycles. The maximum atomic E-state index is 12.4. The van der Waals surface area contributed by atoms with Crippen LogP contribution in [0.4, 0.5) is 5.69 Å². The van der Waals surface area contributed by atoms with Crippen molar-refractivity contribution in [2.24, 2.45) is 0 Å². The third-order valence-electron chi connectivity index (χ3n) is 3.81. The summed E-state index contributed by atoms with van der Waals surface area (Å²) in [6, 6.07) is 14.2. The van der Waals surface area contributed by atoms with E-state index >= 15 is 0 Å². The van der Waals surface area contributed by atoms with Crippen LogP contribution < -0.4 is 5.32 Å². The zero-order valence-corrected chi connectivity index (χ0v) is 11.8. The summed E-state index contributed by atoms with van der Waals surface area (Å²) in [5.74, 6) is 0.198. The van der Waals surface area contributed by atoms with Gasteiger partial charge >= 0.3 is 0 Å². The summed E-state index contributed by atoms with van der Waals surface area (Å²) >= 11 is 0. The highest BCUT2D eigenvalue weighted by Gasteiger charge is 2.13. The van der Waals surface area contributed by atoms with Crippen LogP contribution in [-0.2, 0) is 12.8 Å². The summed E-state index contributed by atoms with van der Waals surface area (Å²) in [5, 5.41) is 3.37. The van der Waals surface area contributed by atoms with E-state index in [4.69, 9.17) is 0 Å². The van der Waals surface area contributed by atoms with Gasteiger partial charge in [-0.1, -0.05) is 29.8 Å². The molecular weight excluding hydrogens is 246 g/mol. The van der Waals surface area contributed by atoms with Crippen molar-refractivity contribution in [1.82, 2.24) is 0 Å². The van der Waals surface area contributed by atoms with E-state index < -0.39 is 0 Å². The molecule has 0 atom stereocenters. The molecule has 102 valence electrons. The van der Waals surface area contributed by atoms with Crippen LogP contribution in [0.5, 0.6) is 0 Å². The molecule has 2 aromatic carbocycles. The molecule has 0 saturated carbocycles. The molecule has 0 saturated heterocycles. The van der Waals surface area contributed by atoms with Crippen molar-refractivity contribution in [1.29, 1.82) is 0 Å². The first-order valence-electron chi connectivity index (χ1n) is 7.18. The van der Waals surface area contributed by atoms with Gasteiger partial charge in [-0.2, -0.15) is 0 Å². The van der Waals surface area contributed by atoms with Crippen molar-refractivity contribution in [3.05, 3.63) is 64.7 Å². The summed E-state index contributed by atoms with van der Waals surface area (Å²) in [4.78, 5) is 12.4. The minimum Gasteiger partial charge on any atom is -0.385 e. The van der Waals surface area contributed by atoms with Crippen molar-refractivity contribution < 1.29 is 4.79 Å². The second-order valence-corrected chi connectivity index (χ2v) is 5.49. The van der Waals surface area contributed by atoms with Crippen molar-refractivity contribution in [2.45, 2.75) is 26.2 Å². The molecule has 2 heteroatoms. The number of carbonyl (C=O) groups excluding carboxylic acids is 1. The van der Waals surface area contributed by atoms with Crippen molar-refractivity contribution >= 4 is 11.5 Å². The third-order valence-corrected chi connectivity index (χ3v) is 3.81. The SMILES string of the molecule is Cc1cccc(CC(=O)c2ccc3c(c2)CCCN3)c1. The highest BCUT2D eigenvalue weighted by Crippen LogP contribution is 2.23. The van der Waals surface area contributed by atoms with E-state index in [9.17, 15) is 4.79 Å². The summed E-state index contributed by atoms with van der Waals surface area (Å²) in [6.07, 6.45) is 2.68. The Morgan fingerprint density at radius 1 is 1.20 bits per heavy atom. The third kappa shape index (κ3) is 2.74. The van der Waals surface area contributed by atoms with Gasteiger partial charge in [-0.25, -0.2) is 0 Å². The topological polar surface area (TPSA) is 29.1 Å². The first-order valence-corrected chi connectivity index (χ1v) is 7.18. The molecule has 0 aliphatic carbocycles. The highest BCUT2D eigenvalue weighted by atomic mass is 16.1. The zero-order valence-electron chi connectivity index (χ0n) is 11.8. The summed E-state index contributed by atoms with van der Waals surface area (Å²) in [5.41, 5.74) is 5.57. The Kier molecular flexibility index (Phi) is 3.55. The fourth-order valence-corrected chi connectivity index (χ4v) is 2.76. The van der Waals surface area contributed by atoms with Crippen LogP contribution >= 0.6 is 0 Å². The molecule has 0 radical (unpaired) electrons. The molecule has 0 amide bonds.